The van der Waals surface area contributed by atoms with E-state index in [0.29, 0.717) is 5.92 Å². The lowest BCUT2D eigenvalue weighted by Crippen LogP contribution is -2.37. The predicted octanol–water partition coefficient (Wildman–Crippen LogP) is 0.411. The molecule has 1 unspecified atom stereocenters. The molecule has 1 saturated carbocycles. The lowest BCUT2D eigenvalue weighted by atomic mass is 10.2. The molecule has 10 heavy (non-hydrogen) atoms. The van der Waals surface area contributed by atoms with Gasteiger partial charge in [0.05, 0.1) is 0 Å². The van der Waals surface area contributed by atoms with Crippen LogP contribution < -0.4 is 0 Å². The van der Waals surface area contributed by atoms with E-state index in [1.54, 1.807) is 4.90 Å². The van der Waals surface area contributed by atoms with Gasteiger partial charge in [0.15, 0.2) is 0 Å². The number of likely N-dealkylation sites (N-methyl/N-ethyl adjacent to an activating group) is 1. The van der Waals surface area contributed by atoms with E-state index in [0.717, 1.165) is 12.8 Å². The van der Waals surface area contributed by atoms with E-state index in [-0.39, 0.29) is 6.04 Å². The van der Waals surface area contributed by atoms with Crippen LogP contribution in [0.15, 0.2) is 0 Å². The molecule has 1 N–H and O–H groups in total. The summed E-state index contributed by atoms with van der Waals surface area (Å²) in [4.78, 5) is 12.4. The molecule has 0 bridgehead atoms. The minimum Gasteiger partial charge on any atom is -0.480 e. The summed E-state index contributed by atoms with van der Waals surface area (Å²) in [5.41, 5.74) is 0. The molecule has 0 aromatic carbocycles. The van der Waals surface area contributed by atoms with Crippen molar-refractivity contribution in [2.24, 2.45) is 5.92 Å². The van der Waals surface area contributed by atoms with Gasteiger partial charge in [-0.2, -0.15) is 0 Å². The van der Waals surface area contributed by atoms with Crippen LogP contribution in [0, 0.1) is 5.92 Å². The maximum atomic E-state index is 10.6. The van der Waals surface area contributed by atoms with Crippen LogP contribution in [-0.4, -0.2) is 36.1 Å². The Morgan fingerprint density at radius 1 is 1.60 bits per heavy atom. The van der Waals surface area contributed by atoms with Gasteiger partial charge in [-0.15, -0.1) is 0 Å². The Hall–Kier alpha value is -0.570. The molecule has 1 atom stereocenters. The smallest absolute Gasteiger partial charge is 0.321 e. The fourth-order valence-corrected chi connectivity index (χ4v) is 1.26. The van der Waals surface area contributed by atoms with Crippen molar-refractivity contribution >= 4 is 5.97 Å². The number of nitrogens with zero attached hydrogens (tertiary/aromatic N) is 1. The molecule has 0 aromatic heterocycles. The molecule has 0 aromatic rings. The largest absolute Gasteiger partial charge is 0.480 e. The van der Waals surface area contributed by atoms with Gasteiger partial charge in [0, 0.05) is 0 Å². The molecular weight excluding hydrogens is 130 g/mol. The summed E-state index contributed by atoms with van der Waals surface area (Å²) in [6, 6.07) is -0.250. The van der Waals surface area contributed by atoms with E-state index in [9.17, 15) is 4.79 Å². The Labute approximate surface area is 60.6 Å². The molecular formula is C7H13NO2. The lowest BCUT2D eigenvalue weighted by Gasteiger charge is -2.18. The fraction of sp³-hybridized carbons (Fsp3) is 0.857. The zero-order valence-corrected chi connectivity index (χ0v) is 6.37. The highest BCUT2D eigenvalue weighted by molar-refractivity contribution is 5.74. The van der Waals surface area contributed by atoms with Crippen molar-refractivity contribution in [3.63, 3.8) is 0 Å². The van der Waals surface area contributed by atoms with E-state index < -0.39 is 5.97 Å². The summed E-state index contributed by atoms with van der Waals surface area (Å²) in [5.74, 6) is -0.278. The molecule has 0 saturated heterocycles. The van der Waals surface area contributed by atoms with Crippen molar-refractivity contribution in [1.82, 2.24) is 4.90 Å². The number of hydrogen-bond donors (Lipinski definition) is 1. The molecule has 0 heterocycles. The summed E-state index contributed by atoms with van der Waals surface area (Å²) in [7, 11) is 3.63. The lowest BCUT2D eigenvalue weighted by molar-refractivity contribution is -0.143. The third-order valence-electron chi connectivity index (χ3n) is 1.88. The molecule has 0 radical (unpaired) electrons. The Bertz CT molecular complexity index is 139. The van der Waals surface area contributed by atoms with Crippen LogP contribution in [0.3, 0.4) is 0 Å². The first-order chi connectivity index (χ1) is 4.63. The van der Waals surface area contributed by atoms with Crippen LogP contribution in [-0.2, 0) is 4.79 Å². The SMILES string of the molecule is CN(C)C(C(=O)O)C1CC1. The maximum Gasteiger partial charge on any atom is 0.321 e. The third kappa shape index (κ3) is 1.48. The first-order valence-electron chi connectivity index (χ1n) is 3.52. The zero-order chi connectivity index (χ0) is 7.72. The van der Waals surface area contributed by atoms with Crippen molar-refractivity contribution in [2.45, 2.75) is 18.9 Å². The Morgan fingerprint density at radius 3 is 2.20 bits per heavy atom. The van der Waals surface area contributed by atoms with Gasteiger partial charge < -0.3 is 5.11 Å². The monoisotopic (exact) mass is 143 g/mol. The van der Waals surface area contributed by atoms with Crippen LogP contribution in [0.1, 0.15) is 12.8 Å². The normalized spacial score (nSPS) is 21.1. The highest BCUT2D eigenvalue weighted by atomic mass is 16.4. The fourth-order valence-electron chi connectivity index (χ4n) is 1.26. The minimum absolute atomic E-state index is 0.250. The van der Waals surface area contributed by atoms with E-state index in [1.165, 1.54) is 0 Å². The molecule has 0 aliphatic heterocycles. The van der Waals surface area contributed by atoms with Gasteiger partial charge in [-0.05, 0) is 32.9 Å². The second-order valence-corrected chi connectivity index (χ2v) is 3.08. The molecule has 1 fully saturated rings. The molecule has 0 amide bonds. The van der Waals surface area contributed by atoms with Gasteiger partial charge in [0.25, 0.3) is 0 Å². The molecule has 1 aliphatic rings. The summed E-state index contributed by atoms with van der Waals surface area (Å²) >= 11 is 0. The Kier molecular flexibility index (Phi) is 1.94. The second kappa shape index (κ2) is 2.58. The topological polar surface area (TPSA) is 40.5 Å². The Morgan fingerprint density at radius 2 is 2.10 bits per heavy atom. The van der Waals surface area contributed by atoms with E-state index in [2.05, 4.69) is 0 Å². The average Bonchev–Trinajstić information content (AvgIpc) is 2.46. The van der Waals surface area contributed by atoms with Crippen molar-refractivity contribution in [3.05, 3.63) is 0 Å². The summed E-state index contributed by atoms with van der Waals surface area (Å²) in [6.45, 7) is 0. The molecule has 1 rings (SSSR count). The number of carbonyl (C=O) groups is 1. The van der Waals surface area contributed by atoms with E-state index in [1.807, 2.05) is 14.1 Å². The highest BCUT2D eigenvalue weighted by Gasteiger charge is 2.37. The van der Waals surface area contributed by atoms with Crippen LogP contribution in [0.25, 0.3) is 0 Å². The van der Waals surface area contributed by atoms with Crippen LogP contribution in [0.5, 0.6) is 0 Å². The number of carboxylic acids is 1. The van der Waals surface area contributed by atoms with Gasteiger partial charge in [0.2, 0.25) is 0 Å². The first kappa shape index (κ1) is 7.54. The van der Waals surface area contributed by atoms with E-state index >= 15 is 0 Å². The van der Waals surface area contributed by atoms with Crippen molar-refractivity contribution in [2.75, 3.05) is 14.1 Å². The van der Waals surface area contributed by atoms with Gasteiger partial charge in [0.1, 0.15) is 6.04 Å². The summed E-state index contributed by atoms with van der Waals surface area (Å²) in [6.07, 6.45) is 2.16. The number of hydrogen-bond acceptors (Lipinski definition) is 2. The van der Waals surface area contributed by atoms with E-state index in [4.69, 9.17) is 5.11 Å². The molecule has 3 heteroatoms. The van der Waals surface area contributed by atoms with Crippen LogP contribution >= 0.6 is 0 Å². The van der Waals surface area contributed by atoms with Gasteiger partial charge in [-0.3, -0.25) is 9.69 Å². The highest BCUT2D eigenvalue weighted by Crippen LogP contribution is 2.34. The first-order valence-corrected chi connectivity index (χ1v) is 3.52. The molecule has 3 nitrogen and oxygen atoms in total. The van der Waals surface area contributed by atoms with Crippen molar-refractivity contribution < 1.29 is 9.90 Å². The zero-order valence-electron chi connectivity index (χ0n) is 6.37. The molecule has 0 spiro atoms. The standard InChI is InChI=1S/C7H13NO2/c1-8(2)6(7(9)10)5-3-4-5/h5-6H,3-4H2,1-2H3,(H,9,10). The predicted molar refractivity (Wildman–Crippen MR) is 37.8 cm³/mol. The summed E-state index contributed by atoms with van der Waals surface area (Å²) < 4.78 is 0. The van der Waals surface area contributed by atoms with Gasteiger partial charge in [-0.25, -0.2) is 0 Å². The minimum atomic E-state index is -0.687. The number of aliphatic carboxylic acids is 1. The average molecular weight is 143 g/mol. The molecule has 1 aliphatic carbocycles. The Balaban J connectivity index is 2.49. The van der Waals surface area contributed by atoms with Crippen molar-refractivity contribution in [3.8, 4) is 0 Å². The van der Waals surface area contributed by atoms with Crippen LogP contribution in [0.4, 0.5) is 0 Å². The number of rotatable bonds is 3. The molecule has 58 valence electrons. The second-order valence-electron chi connectivity index (χ2n) is 3.08. The third-order valence-corrected chi connectivity index (χ3v) is 1.88. The summed E-state index contributed by atoms with van der Waals surface area (Å²) in [5, 5.41) is 8.71. The van der Waals surface area contributed by atoms with Crippen LogP contribution in [0.2, 0.25) is 0 Å². The van der Waals surface area contributed by atoms with Gasteiger partial charge in [-0.1, -0.05) is 0 Å². The van der Waals surface area contributed by atoms with Crippen molar-refractivity contribution in [1.29, 1.82) is 0 Å². The quantitative estimate of drug-likeness (QED) is 0.622. The number of carboxylic acid groups (broad SMARTS) is 1. The maximum absolute atomic E-state index is 10.6. The van der Waals surface area contributed by atoms with Gasteiger partial charge >= 0.3 is 5.97 Å².